The highest BCUT2D eigenvalue weighted by Gasteiger charge is 2.35. The van der Waals surface area contributed by atoms with Crippen molar-refractivity contribution in [3.8, 4) is 56.5 Å². The number of hydrogen-bond donors (Lipinski definition) is 5. The highest BCUT2D eigenvalue weighted by molar-refractivity contribution is 5.89. The number of amides is 2. The first kappa shape index (κ1) is 75.3. The van der Waals surface area contributed by atoms with E-state index in [1.54, 1.807) is 85.5 Å². The summed E-state index contributed by atoms with van der Waals surface area (Å²) in [5.74, 6) is -1.46. The van der Waals surface area contributed by atoms with Gasteiger partial charge < -0.3 is 50.3 Å². The van der Waals surface area contributed by atoms with Crippen LogP contribution in [0.15, 0.2) is 213 Å². The van der Waals surface area contributed by atoms with Crippen molar-refractivity contribution >= 4 is 29.7 Å². The van der Waals surface area contributed by atoms with Crippen LogP contribution in [0, 0.1) is 5.92 Å². The first-order valence-corrected chi connectivity index (χ1v) is 34.2. The summed E-state index contributed by atoms with van der Waals surface area (Å²) in [5.41, 5.74) is 14.8. The molecule has 0 bridgehead atoms. The number of aromatic nitrogens is 4. The zero-order chi connectivity index (χ0) is 70.9. The van der Waals surface area contributed by atoms with Crippen molar-refractivity contribution < 1.29 is 57.9 Å². The van der Waals surface area contributed by atoms with Gasteiger partial charge in [-0.05, 0) is 88.9 Å². The lowest BCUT2D eigenvalue weighted by Crippen LogP contribution is -2.51. The first-order valence-electron chi connectivity index (χ1n) is 34.2. The number of methoxy groups -OCH3 is 2. The number of rotatable bonds is 36. The van der Waals surface area contributed by atoms with Crippen LogP contribution in [0.2, 0.25) is 0 Å². The van der Waals surface area contributed by atoms with E-state index in [4.69, 9.17) is 29.4 Å². The lowest BCUT2D eigenvalue weighted by Gasteiger charge is -2.25. The Labute approximate surface area is 585 Å². The van der Waals surface area contributed by atoms with E-state index < -0.39 is 66.0 Å². The van der Waals surface area contributed by atoms with Crippen molar-refractivity contribution in [1.82, 2.24) is 30.6 Å². The number of carbonyl (C=O) groups is 5. The number of nitrogens with two attached hydrogens (primary N) is 1. The molecule has 6 atom stereocenters. The Balaban J connectivity index is 0.000000260. The number of unbranched alkanes of at least 4 members (excludes halogenated alkanes) is 8. The zero-order valence-corrected chi connectivity index (χ0v) is 57.3. The molecule has 9 rings (SSSR count). The fourth-order valence-corrected chi connectivity index (χ4v) is 11.0. The Morgan fingerprint density at radius 3 is 1.22 bits per heavy atom. The van der Waals surface area contributed by atoms with E-state index in [2.05, 4.69) is 44.4 Å². The topological polar surface area (TPSA) is 274 Å². The second-order valence-electron chi connectivity index (χ2n) is 24.4. The number of hydrogen-bond acceptors (Lipinski definition) is 17. The van der Waals surface area contributed by atoms with Crippen molar-refractivity contribution in [3.63, 3.8) is 0 Å². The lowest BCUT2D eigenvalue weighted by atomic mass is 9.93. The fraction of sp³-hybridized carbons (Fsp3) is 0.321. The molecule has 19 nitrogen and oxygen atoms in total. The van der Waals surface area contributed by atoms with E-state index in [9.17, 15) is 34.2 Å². The van der Waals surface area contributed by atoms with Gasteiger partial charge in [-0.15, -0.1) is 0 Å². The molecule has 0 aliphatic carbocycles. The van der Waals surface area contributed by atoms with Crippen molar-refractivity contribution in [2.24, 2.45) is 11.7 Å². The molecule has 19 heteroatoms. The van der Waals surface area contributed by atoms with Crippen LogP contribution >= 0.6 is 0 Å². The predicted octanol–water partition coefficient (Wildman–Crippen LogP) is 13.3. The minimum Gasteiger partial charge on any atom is -0.494 e. The molecule has 0 saturated heterocycles. The summed E-state index contributed by atoms with van der Waals surface area (Å²) in [4.78, 5) is 83.2. The average molecular weight is 1350 g/mol. The largest absolute Gasteiger partial charge is 0.494 e. The number of nitrogens with zero attached hydrogens (tertiary/aromatic N) is 4. The van der Waals surface area contributed by atoms with E-state index >= 15 is 0 Å². The smallest absolute Gasteiger partial charge is 0.331 e. The van der Waals surface area contributed by atoms with Crippen LogP contribution in [0.3, 0.4) is 0 Å². The quantitative estimate of drug-likeness (QED) is 0.0139. The van der Waals surface area contributed by atoms with Gasteiger partial charge in [-0.1, -0.05) is 229 Å². The minimum absolute atomic E-state index is 0.0536. The van der Waals surface area contributed by atoms with E-state index in [1.165, 1.54) is 65.6 Å². The van der Waals surface area contributed by atoms with Crippen LogP contribution in [0.1, 0.15) is 125 Å². The highest BCUT2D eigenvalue weighted by atomic mass is 16.5. The number of aliphatic hydroxyl groups excluding tert-OH is 2. The summed E-state index contributed by atoms with van der Waals surface area (Å²) in [5, 5.41) is 27.0. The standard InChI is InChI=1S/C45H49N3O7.C36H42N4O5/c1-3-4-5-6-13-26-54-39-24-22-34(23-25-39)38-29-46-43(47-30-38)36-20-18-32(19-21-36)27-37(28-40(49)55-31-33-14-9-7-10-15-33)44(51)48-41(45(52)53-2)42(50)35-16-11-8-12-17-35;1-3-4-5-6-10-21-45-30-19-17-26(18-20-30)29-23-38-34(39-24-29)28-15-13-25(14-16-28)22-31(37)35(42)40-32(36(43)44-2)33(41)27-11-8-7-9-12-27/h7-12,14-25,29-30,37,41-42,50H,3-6,13,26-28,31H2,1-2H3,(H,48,51);7-9,11-20,23-24,31-33,41H,3-6,10,21-22,37H2,1-2H3,(H,40,42)/t37-,41?,42?;31-,32?,33?/m10/s1. The summed E-state index contributed by atoms with van der Waals surface area (Å²) in [6, 6.07) is 53.4. The third-order valence-electron chi connectivity index (χ3n) is 16.9. The SMILES string of the molecule is CCCCCCCOc1ccc(-c2cnc(-c3ccc(C[C@H](CC(=O)OCc4ccccc4)C(=O)NC(C(=O)OC)C(O)c4ccccc4)cc3)nc2)cc1.CCCCCCCOc1ccc(-c2cnc(-c3ccc(C[C@H](N)C(=O)NC(C(=O)OC)C(O)c4ccccc4)cc3)nc2)cc1. The normalized spacial score (nSPS) is 12.8. The van der Waals surface area contributed by atoms with Crippen LogP contribution in [0.4, 0.5) is 0 Å². The molecule has 0 aliphatic heterocycles. The third kappa shape index (κ3) is 23.6. The Hall–Kier alpha value is -10.5. The summed E-state index contributed by atoms with van der Waals surface area (Å²) in [7, 11) is 2.38. The van der Waals surface area contributed by atoms with Gasteiger partial charge in [-0.3, -0.25) is 14.4 Å². The molecular weight excluding hydrogens is 1260 g/mol. The molecule has 0 fully saturated rings. The maximum atomic E-state index is 13.8. The molecule has 0 saturated carbocycles. The van der Waals surface area contributed by atoms with Crippen molar-refractivity contribution in [2.45, 2.75) is 134 Å². The van der Waals surface area contributed by atoms with Gasteiger partial charge in [0.05, 0.1) is 45.8 Å². The molecule has 522 valence electrons. The summed E-state index contributed by atoms with van der Waals surface area (Å²) in [6.07, 6.45) is 16.6. The van der Waals surface area contributed by atoms with Crippen molar-refractivity contribution in [2.75, 3.05) is 27.4 Å². The number of ether oxygens (including phenoxy) is 5. The molecule has 0 radical (unpaired) electrons. The molecule has 100 heavy (non-hydrogen) atoms. The number of benzene rings is 7. The van der Waals surface area contributed by atoms with Gasteiger partial charge in [0.2, 0.25) is 11.8 Å². The number of nitrogens with one attached hydrogen (secondary N) is 2. The Morgan fingerprint density at radius 1 is 0.430 bits per heavy atom. The van der Waals surface area contributed by atoms with Gasteiger partial charge in [0.25, 0.3) is 0 Å². The Kier molecular flexibility index (Phi) is 30.4. The second kappa shape index (κ2) is 40.4. The van der Waals surface area contributed by atoms with Gasteiger partial charge >= 0.3 is 17.9 Å². The molecule has 7 aromatic carbocycles. The number of aliphatic hydroxyl groups is 2. The third-order valence-corrected chi connectivity index (χ3v) is 16.9. The zero-order valence-electron chi connectivity index (χ0n) is 57.3. The van der Waals surface area contributed by atoms with Crippen LogP contribution in [-0.2, 0) is 57.6 Å². The maximum Gasteiger partial charge on any atom is 0.331 e. The lowest BCUT2D eigenvalue weighted by molar-refractivity contribution is -0.151. The van der Waals surface area contributed by atoms with Crippen LogP contribution in [-0.4, -0.2) is 105 Å². The molecule has 0 spiro atoms. The monoisotopic (exact) mass is 1350 g/mol. The molecule has 0 aliphatic rings. The predicted molar refractivity (Wildman–Crippen MR) is 385 cm³/mol. The minimum atomic E-state index is -1.40. The van der Waals surface area contributed by atoms with Gasteiger partial charge in [0, 0.05) is 47.0 Å². The average Bonchev–Trinajstić information content (AvgIpc) is 0.859. The summed E-state index contributed by atoms with van der Waals surface area (Å²) < 4.78 is 27.0. The second-order valence-corrected chi connectivity index (χ2v) is 24.4. The van der Waals surface area contributed by atoms with Crippen LogP contribution in [0.5, 0.6) is 11.5 Å². The molecule has 9 aromatic rings. The van der Waals surface area contributed by atoms with Gasteiger partial charge in [0.1, 0.15) is 30.3 Å². The van der Waals surface area contributed by atoms with Gasteiger partial charge in [-0.2, -0.15) is 0 Å². The van der Waals surface area contributed by atoms with Crippen LogP contribution in [0.25, 0.3) is 45.0 Å². The van der Waals surface area contributed by atoms with E-state index in [0.717, 1.165) is 81.0 Å². The number of esters is 3. The molecule has 4 unspecified atom stereocenters. The van der Waals surface area contributed by atoms with Crippen LogP contribution < -0.4 is 25.8 Å². The molecule has 2 heterocycles. The summed E-state index contributed by atoms with van der Waals surface area (Å²) in [6.45, 7) is 5.92. The fourth-order valence-electron chi connectivity index (χ4n) is 11.0. The first-order chi connectivity index (χ1) is 48.7. The molecule has 2 aromatic heterocycles. The van der Waals surface area contributed by atoms with E-state index in [-0.39, 0.29) is 25.9 Å². The Morgan fingerprint density at radius 2 is 0.810 bits per heavy atom. The van der Waals surface area contributed by atoms with E-state index in [1.807, 2.05) is 127 Å². The van der Waals surface area contributed by atoms with Gasteiger partial charge in [-0.25, -0.2) is 29.5 Å². The molecule has 2 amide bonds. The van der Waals surface area contributed by atoms with Gasteiger partial charge in [0.15, 0.2) is 23.7 Å². The molecular formula is C81H91N7O12. The van der Waals surface area contributed by atoms with Crippen molar-refractivity contribution in [3.05, 3.63) is 241 Å². The van der Waals surface area contributed by atoms with Crippen molar-refractivity contribution in [1.29, 1.82) is 0 Å². The maximum absolute atomic E-state index is 13.8. The number of carbonyl (C=O) groups excluding carboxylic acids is 5. The highest BCUT2D eigenvalue weighted by Crippen LogP contribution is 2.28. The molecule has 6 N–H and O–H groups in total. The summed E-state index contributed by atoms with van der Waals surface area (Å²) >= 11 is 0. The van der Waals surface area contributed by atoms with E-state index in [0.29, 0.717) is 29.4 Å². The Bertz CT molecular complexity index is 3910.